The van der Waals surface area contributed by atoms with Crippen LogP contribution >= 0.6 is 0 Å². The molecular formula is C22H26N2O3. The normalized spacial score (nSPS) is 15.7. The quantitative estimate of drug-likeness (QED) is 0.692. The van der Waals surface area contributed by atoms with Crippen LogP contribution in [0, 0.1) is 0 Å². The van der Waals surface area contributed by atoms with E-state index in [1.807, 2.05) is 47.4 Å². The average molecular weight is 366 g/mol. The Labute approximate surface area is 160 Å². The molecule has 0 fully saturated rings. The maximum Gasteiger partial charge on any atom is 0.257 e. The van der Waals surface area contributed by atoms with E-state index in [0.717, 1.165) is 24.1 Å². The monoisotopic (exact) mass is 366 g/mol. The minimum absolute atomic E-state index is 0.0498. The summed E-state index contributed by atoms with van der Waals surface area (Å²) in [5.74, 6) is 1.34. The van der Waals surface area contributed by atoms with E-state index in [1.54, 1.807) is 13.2 Å². The SMILES string of the molecule is C=CCOc1ccc(C2Nc3ccccc3C(=O)N2CCCC)cc1OC. The fourth-order valence-electron chi connectivity index (χ4n) is 3.24. The summed E-state index contributed by atoms with van der Waals surface area (Å²) in [6.45, 7) is 6.90. The number of amides is 1. The van der Waals surface area contributed by atoms with Crippen molar-refractivity contribution < 1.29 is 14.3 Å². The fourth-order valence-corrected chi connectivity index (χ4v) is 3.24. The van der Waals surface area contributed by atoms with Crippen LogP contribution < -0.4 is 14.8 Å². The molecule has 5 heteroatoms. The van der Waals surface area contributed by atoms with Gasteiger partial charge in [0, 0.05) is 12.2 Å². The highest BCUT2D eigenvalue weighted by Crippen LogP contribution is 2.37. The largest absolute Gasteiger partial charge is 0.493 e. The van der Waals surface area contributed by atoms with Crippen molar-refractivity contribution in [2.75, 3.05) is 25.6 Å². The van der Waals surface area contributed by atoms with E-state index in [4.69, 9.17) is 9.47 Å². The standard InChI is InChI=1S/C22H26N2O3/c1-4-6-13-24-21(23-18-10-8-7-9-17(18)22(24)25)16-11-12-19(27-14-5-2)20(15-16)26-3/h5,7-12,15,21,23H,2,4,6,13-14H2,1,3H3. The molecule has 2 aromatic carbocycles. The maximum atomic E-state index is 13.1. The van der Waals surface area contributed by atoms with Crippen molar-refractivity contribution in [3.8, 4) is 11.5 Å². The Hall–Kier alpha value is -2.95. The molecule has 1 aliphatic rings. The number of anilines is 1. The molecule has 0 saturated carbocycles. The van der Waals surface area contributed by atoms with E-state index < -0.39 is 0 Å². The van der Waals surface area contributed by atoms with Crippen LogP contribution in [0.3, 0.4) is 0 Å². The molecule has 0 spiro atoms. The number of benzene rings is 2. The number of carbonyl (C=O) groups is 1. The number of unbranched alkanes of at least 4 members (excludes halogenated alkanes) is 1. The van der Waals surface area contributed by atoms with Gasteiger partial charge in [0.25, 0.3) is 5.91 Å². The Balaban J connectivity index is 1.97. The molecule has 1 N–H and O–H groups in total. The van der Waals surface area contributed by atoms with Crippen molar-refractivity contribution in [1.29, 1.82) is 0 Å². The molecule has 5 nitrogen and oxygen atoms in total. The highest BCUT2D eigenvalue weighted by molar-refractivity contribution is 6.01. The number of nitrogens with zero attached hydrogens (tertiary/aromatic N) is 1. The first-order chi connectivity index (χ1) is 13.2. The number of carbonyl (C=O) groups excluding carboxylic acids is 1. The smallest absolute Gasteiger partial charge is 0.257 e. The molecule has 0 aliphatic carbocycles. The lowest BCUT2D eigenvalue weighted by molar-refractivity contribution is 0.0680. The fraction of sp³-hybridized carbons (Fsp3) is 0.318. The molecule has 1 unspecified atom stereocenters. The first-order valence-corrected chi connectivity index (χ1v) is 9.27. The number of para-hydroxylation sites is 1. The molecule has 1 aliphatic heterocycles. The number of nitrogens with one attached hydrogen (secondary N) is 1. The Bertz CT molecular complexity index is 819. The highest BCUT2D eigenvalue weighted by Gasteiger charge is 2.32. The Morgan fingerprint density at radius 3 is 2.78 bits per heavy atom. The molecule has 1 atom stereocenters. The number of methoxy groups -OCH3 is 1. The van der Waals surface area contributed by atoms with Crippen LogP contribution in [0.4, 0.5) is 5.69 Å². The zero-order valence-electron chi connectivity index (χ0n) is 15.9. The van der Waals surface area contributed by atoms with Crippen LogP contribution in [-0.4, -0.2) is 31.1 Å². The molecule has 3 rings (SSSR count). The van der Waals surface area contributed by atoms with E-state index in [-0.39, 0.29) is 12.1 Å². The first kappa shape index (κ1) is 18.8. The van der Waals surface area contributed by atoms with Gasteiger partial charge in [-0.2, -0.15) is 0 Å². The number of ether oxygens (including phenoxy) is 2. The van der Waals surface area contributed by atoms with E-state index in [9.17, 15) is 4.79 Å². The van der Waals surface area contributed by atoms with Gasteiger partial charge in [0.15, 0.2) is 11.5 Å². The lowest BCUT2D eigenvalue weighted by Gasteiger charge is -2.38. The van der Waals surface area contributed by atoms with Crippen LogP contribution in [0.1, 0.15) is 41.9 Å². The molecule has 0 saturated heterocycles. The zero-order valence-corrected chi connectivity index (χ0v) is 15.9. The minimum atomic E-state index is -0.249. The zero-order chi connectivity index (χ0) is 19.2. The van der Waals surface area contributed by atoms with Gasteiger partial charge in [-0.05, 0) is 36.2 Å². The predicted molar refractivity (Wildman–Crippen MR) is 107 cm³/mol. The Morgan fingerprint density at radius 2 is 2.04 bits per heavy atom. The third-order valence-electron chi connectivity index (χ3n) is 4.63. The second-order valence-corrected chi connectivity index (χ2v) is 6.45. The predicted octanol–water partition coefficient (Wildman–Crippen LogP) is 4.63. The summed E-state index contributed by atoms with van der Waals surface area (Å²) < 4.78 is 11.1. The van der Waals surface area contributed by atoms with Crippen molar-refractivity contribution in [3.63, 3.8) is 0 Å². The van der Waals surface area contributed by atoms with Crippen LogP contribution in [0.15, 0.2) is 55.1 Å². The summed E-state index contributed by atoms with van der Waals surface area (Å²) >= 11 is 0. The molecule has 2 aromatic rings. The molecule has 1 heterocycles. The van der Waals surface area contributed by atoms with Crippen molar-refractivity contribution in [1.82, 2.24) is 4.90 Å². The van der Waals surface area contributed by atoms with Gasteiger partial charge in [-0.1, -0.05) is 44.2 Å². The van der Waals surface area contributed by atoms with Crippen LogP contribution in [-0.2, 0) is 0 Å². The van der Waals surface area contributed by atoms with Gasteiger partial charge in [0.2, 0.25) is 0 Å². The number of fused-ring (bicyclic) bond motifs is 1. The highest BCUT2D eigenvalue weighted by atomic mass is 16.5. The van der Waals surface area contributed by atoms with Gasteiger partial charge in [-0.25, -0.2) is 0 Å². The van der Waals surface area contributed by atoms with Crippen LogP contribution in [0.2, 0.25) is 0 Å². The molecule has 0 radical (unpaired) electrons. The summed E-state index contributed by atoms with van der Waals surface area (Å²) in [6, 6.07) is 13.4. The minimum Gasteiger partial charge on any atom is -0.493 e. The van der Waals surface area contributed by atoms with Gasteiger partial charge in [0.05, 0.1) is 12.7 Å². The summed E-state index contributed by atoms with van der Waals surface area (Å²) in [5.41, 5.74) is 2.52. The molecule has 142 valence electrons. The second-order valence-electron chi connectivity index (χ2n) is 6.45. The molecule has 0 bridgehead atoms. The van der Waals surface area contributed by atoms with Crippen molar-refractivity contribution >= 4 is 11.6 Å². The topological polar surface area (TPSA) is 50.8 Å². The van der Waals surface area contributed by atoms with Gasteiger partial charge in [-0.3, -0.25) is 4.79 Å². The van der Waals surface area contributed by atoms with Crippen LogP contribution in [0.25, 0.3) is 0 Å². The Morgan fingerprint density at radius 1 is 1.22 bits per heavy atom. The van der Waals surface area contributed by atoms with Gasteiger partial charge in [-0.15, -0.1) is 0 Å². The number of rotatable bonds is 8. The third-order valence-corrected chi connectivity index (χ3v) is 4.63. The van der Waals surface area contributed by atoms with E-state index in [1.165, 1.54) is 0 Å². The number of hydrogen-bond acceptors (Lipinski definition) is 4. The molecule has 27 heavy (non-hydrogen) atoms. The lowest BCUT2D eigenvalue weighted by atomic mass is 10.0. The van der Waals surface area contributed by atoms with Crippen molar-refractivity contribution in [2.24, 2.45) is 0 Å². The summed E-state index contributed by atoms with van der Waals surface area (Å²) in [6.07, 6.45) is 3.42. The molecule has 1 amide bonds. The lowest BCUT2D eigenvalue weighted by Crippen LogP contribution is -2.43. The van der Waals surface area contributed by atoms with E-state index >= 15 is 0 Å². The van der Waals surface area contributed by atoms with Crippen molar-refractivity contribution in [3.05, 3.63) is 66.2 Å². The third kappa shape index (κ3) is 3.92. The Kier molecular flexibility index (Phi) is 6.01. The van der Waals surface area contributed by atoms with Gasteiger partial charge in [0.1, 0.15) is 12.8 Å². The van der Waals surface area contributed by atoms with Crippen molar-refractivity contribution in [2.45, 2.75) is 25.9 Å². The average Bonchev–Trinajstić information content (AvgIpc) is 2.71. The van der Waals surface area contributed by atoms with E-state index in [2.05, 4.69) is 18.8 Å². The van der Waals surface area contributed by atoms with Gasteiger partial charge >= 0.3 is 0 Å². The van der Waals surface area contributed by atoms with E-state index in [0.29, 0.717) is 30.2 Å². The number of hydrogen-bond donors (Lipinski definition) is 1. The molecular weight excluding hydrogens is 340 g/mol. The molecule has 0 aromatic heterocycles. The summed E-state index contributed by atoms with van der Waals surface area (Å²) in [5, 5.41) is 3.51. The summed E-state index contributed by atoms with van der Waals surface area (Å²) in [7, 11) is 1.61. The van der Waals surface area contributed by atoms with Gasteiger partial charge < -0.3 is 19.7 Å². The maximum absolute atomic E-state index is 13.1. The summed E-state index contributed by atoms with van der Waals surface area (Å²) in [4.78, 5) is 15.0. The second kappa shape index (κ2) is 8.62. The first-order valence-electron chi connectivity index (χ1n) is 9.27. The van der Waals surface area contributed by atoms with Crippen LogP contribution in [0.5, 0.6) is 11.5 Å².